The van der Waals surface area contributed by atoms with Gasteiger partial charge in [0.05, 0.1) is 0 Å². The van der Waals surface area contributed by atoms with E-state index in [0.29, 0.717) is 11.3 Å². The maximum Gasteiger partial charge on any atom is 0.133 e. The SMILES string of the molecule is O/N=C1\c2ccccc2-c2cccc(F)c21. The molecule has 0 fully saturated rings. The van der Waals surface area contributed by atoms with E-state index in [0.717, 1.165) is 16.7 Å². The van der Waals surface area contributed by atoms with E-state index in [2.05, 4.69) is 5.16 Å². The van der Waals surface area contributed by atoms with Crippen molar-refractivity contribution in [2.45, 2.75) is 0 Å². The Hall–Kier alpha value is -2.16. The largest absolute Gasteiger partial charge is 0.410 e. The number of rotatable bonds is 0. The number of halogens is 1. The van der Waals surface area contributed by atoms with Gasteiger partial charge >= 0.3 is 0 Å². The first-order chi connectivity index (χ1) is 7.83. The molecule has 16 heavy (non-hydrogen) atoms. The highest BCUT2D eigenvalue weighted by Gasteiger charge is 2.27. The molecule has 1 N–H and O–H groups in total. The Morgan fingerprint density at radius 2 is 1.56 bits per heavy atom. The Morgan fingerprint density at radius 1 is 0.875 bits per heavy atom. The Balaban J connectivity index is 2.44. The summed E-state index contributed by atoms with van der Waals surface area (Å²) in [5.41, 5.74) is 3.15. The fourth-order valence-corrected chi connectivity index (χ4v) is 2.15. The van der Waals surface area contributed by atoms with Crippen LogP contribution in [-0.4, -0.2) is 10.9 Å². The summed E-state index contributed by atoms with van der Waals surface area (Å²) in [6.45, 7) is 0. The van der Waals surface area contributed by atoms with E-state index in [1.54, 1.807) is 6.07 Å². The normalized spacial score (nSPS) is 14.9. The van der Waals surface area contributed by atoms with Crippen LogP contribution >= 0.6 is 0 Å². The van der Waals surface area contributed by atoms with Crippen LogP contribution < -0.4 is 0 Å². The summed E-state index contributed by atoms with van der Waals surface area (Å²) in [5, 5.41) is 12.2. The molecule has 3 rings (SSSR count). The first-order valence-corrected chi connectivity index (χ1v) is 4.93. The van der Waals surface area contributed by atoms with Crippen molar-refractivity contribution in [3.63, 3.8) is 0 Å². The quantitative estimate of drug-likeness (QED) is 0.452. The van der Waals surface area contributed by atoms with Crippen molar-refractivity contribution >= 4 is 5.71 Å². The molecule has 0 heterocycles. The molecule has 2 aromatic carbocycles. The van der Waals surface area contributed by atoms with Gasteiger partial charge in [0.15, 0.2) is 0 Å². The summed E-state index contributed by atoms with van der Waals surface area (Å²) in [4.78, 5) is 0. The molecule has 0 saturated heterocycles. The summed E-state index contributed by atoms with van der Waals surface area (Å²) >= 11 is 0. The zero-order valence-electron chi connectivity index (χ0n) is 8.31. The average Bonchev–Trinajstić information content (AvgIpc) is 2.65. The molecule has 0 radical (unpaired) electrons. The number of oxime groups is 1. The molecule has 0 spiro atoms. The Labute approximate surface area is 91.7 Å². The minimum absolute atomic E-state index is 0.309. The molecule has 2 nitrogen and oxygen atoms in total. The number of nitrogens with zero attached hydrogens (tertiary/aromatic N) is 1. The van der Waals surface area contributed by atoms with Gasteiger partial charge in [-0.15, -0.1) is 0 Å². The van der Waals surface area contributed by atoms with E-state index in [-0.39, 0.29) is 5.82 Å². The van der Waals surface area contributed by atoms with Gasteiger partial charge in [-0.05, 0) is 17.2 Å². The Morgan fingerprint density at radius 3 is 2.31 bits per heavy atom. The van der Waals surface area contributed by atoms with Gasteiger partial charge < -0.3 is 5.21 Å². The van der Waals surface area contributed by atoms with Crippen LogP contribution in [0.3, 0.4) is 0 Å². The van der Waals surface area contributed by atoms with Crippen LogP contribution in [0.1, 0.15) is 11.1 Å². The Bertz CT molecular complexity index is 605. The summed E-state index contributed by atoms with van der Waals surface area (Å²) in [6, 6.07) is 12.3. The van der Waals surface area contributed by atoms with Crippen LogP contribution in [0.4, 0.5) is 4.39 Å². The van der Waals surface area contributed by atoms with Crippen LogP contribution in [0.25, 0.3) is 11.1 Å². The maximum absolute atomic E-state index is 13.7. The third kappa shape index (κ3) is 1.03. The fraction of sp³-hybridized carbons (Fsp3) is 0. The minimum atomic E-state index is -0.360. The van der Waals surface area contributed by atoms with Gasteiger partial charge in [0, 0.05) is 11.1 Å². The van der Waals surface area contributed by atoms with Gasteiger partial charge in [-0.3, -0.25) is 0 Å². The average molecular weight is 213 g/mol. The third-order valence-corrected chi connectivity index (χ3v) is 2.82. The molecular formula is C13H8FNO. The molecule has 0 saturated carbocycles. The summed E-state index contributed by atoms with van der Waals surface area (Å²) in [6.07, 6.45) is 0. The summed E-state index contributed by atoms with van der Waals surface area (Å²) in [7, 11) is 0. The molecule has 3 heteroatoms. The topological polar surface area (TPSA) is 32.6 Å². The number of hydrogen-bond donors (Lipinski definition) is 1. The smallest absolute Gasteiger partial charge is 0.133 e. The third-order valence-electron chi connectivity index (χ3n) is 2.82. The summed E-state index contributed by atoms with van der Waals surface area (Å²) in [5.74, 6) is -0.360. The second kappa shape index (κ2) is 3.17. The number of hydrogen-bond acceptors (Lipinski definition) is 2. The van der Waals surface area contributed by atoms with Gasteiger partial charge in [-0.25, -0.2) is 4.39 Å². The molecule has 0 aromatic heterocycles. The van der Waals surface area contributed by atoms with Crippen molar-refractivity contribution in [2.24, 2.45) is 5.16 Å². The summed E-state index contributed by atoms with van der Waals surface area (Å²) < 4.78 is 13.7. The first kappa shape index (κ1) is 9.09. The molecule has 2 aromatic rings. The molecule has 0 atom stereocenters. The molecule has 1 aliphatic rings. The van der Waals surface area contributed by atoms with Crippen molar-refractivity contribution in [3.8, 4) is 11.1 Å². The van der Waals surface area contributed by atoms with Crippen molar-refractivity contribution in [2.75, 3.05) is 0 Å². The van der Waals surface area contributed by atoms with Crippen molar-refractivity contribution < 1.29 is 9.60 Å². The van der Waals surface area contributed by atoms with E-state index < -0.39 is 0 Å². The molecule has 0 bridgehead atoms. The molecule has 1 aliphatic carbocycles. The van der Waals surface area contributed by atoms with Gasteiger partial charge in [-0.2, -0.15) is 0 Å². The van der Waals surface area contributed by atoms with Crippen molar-refractivity contribution in [1.29, 1.82) is 0 Å². The van der Waals surface area contributed by atoms with Gasteiger partial charge in [0.1, 0.15) is 11.5 Å². The molecule has 0 amide bonds. The van der Waals surface area contributed by atoms with E-state index in [1.807, 2.05) is 30.3 Å². The van der Waals surface area contributed by atoms with E-state index in [1.165, 1.54) is 6.07 Å². The zero-order valence-corrected chi connectivity index (χ0v) is 8.31. The highest BCUT2D eigenvalue weighted by Crippen LogP contribution is 2.37. The molecular weight excluding hydrogens is 205 g/mol. The van der Waals surface area contributed by atoms with Crippen LogP contribution in [0.2, 0.25) is 0 Å². The zero-order chi connectivity index (χ0) is 11.1. The lowest BCUT2D eigenvalue weighted by Crippen LogP contribution is -2.00. The van der Waals surface area contributed by atoms with Crippen LogP contribution in [0.15, 0.2) is 47.6 Å². The molecule has 0 unspecified atom stereocenters. The predicted molar refractivity (Wildman–Crippen MR) is 59.3 cm³/mol. The lowest BCUT2D eigenvalue weighted by atomic mass is 10.1. The van der Waals surface area contributed by atoms with E-state index in [4.69, 9.17) is 5.21 Å². The van der Waals surface area contributed by atoms with Crippen LogP contribution in [0.5, 0.6) is 0 Å². The number of benzene rings is 2. The lowest BCUT2D eigenvalue weighted by molar-refractivity contribution is 0.319. The molecule has 0 aliphatic heterocycles. The van der Waals surface area contributed by atoms with Gasteiger partial charge in [-0.1, -0.05) is 41.6 Å². The van der Waals surface area contributed by atoms with Crippen LogP contribution in [0, 0.1) is 5.82 Å². The first-order valence-electron chi connectivity index (χ1n) is 4.93. The highest BCUT2D eigenvalue weighted by molar-refractivity contribution is 6.24. The van der Waals surface area contributed by atoms with Gasteiger partial charge in [0.2, 0.25) is 0 Å². The molecule has 78 valence electrons. The minimum Gasteiger partial charge on any atom is -0.410 e. The Kier molecular flexibility index (Phi) is 1.80. The van der Waals surface area contributed by atoms with Crippen molar-refractivity contribution in [3.05, 3.63) is 59.4 Å². The second-order valence-electron chi connectivity index (χ2n) is 3.66. The van der Waals surface area contributed by atoms with E-state index in [9.17, 15) is 4.39 Å². The standard InChI is InChI=1S/C13H8FNO/c14-11-7-3-6-9-8-4-1-2-5-10(8)13(15-16)12(9)11/h1-7,16H/b15-13+. The monoisotopic (exact) mass is 213 g/mol. The van der Waals surface area contributed by atoms with Crippen molar-refractivity contribution in [1.82, 2.24) is 0 Å². The highest BCUT2D eigenvalue weighted by atomic mass is 19.1. The maximum atomic E-state index is 13.7. The van der Waals surface area contributed by atoms with Gasteiger partial charge in [0.25, 0.3) is 0 Å². The second-order valence-corrected chi connectivity index (χ2v) is 3.66. The fourth-order valence-electron chi connectivity index (χ4n) is 2.15. The van der Waals surface area contributed by atoms with E-state index >= 15 is 0 Å². The predicted octanol–water partition coefficient (Wildman–Crippen LogP) is 3.03. The van der Waals surface area contributed by atoms with Crippen LogP contribution in [-0.2, 0) is 0 Å². The number of fused-ring (bicyclic) bond motifs is 3. The lowest BCUT2D eigenvalue weighted by Gasteiger charge is -1.99.